The van der Waals surface area contributed by atoms with Gasteiger partial charge in [0.25, 0.3) is 0 Å². The van der Waals surface area contributed by atoms with E-state index in [1.165, 1.54) is 22.3 Å². The van der Waals surface area contributed by atoms with E-state index in [1.807, 2.05) is 18.3 Å². The molecule has 0 radical (unpaired) electrons. The Kier molecular flexibility index (Phi) is 9.60. The second kappa shape index (κ2) is 14.1. The quantitative estimate of drug-likeness (QED) is 0.179. The predicted octanol–water partition coefficient (Wildman–Crippen LogP) is 13.6. The second-order valence-corrected chi connectivity index (χ2v) is 17.4. The molecular formula is C50H53N3O. The Bertz CT molecular complexity index is 2460. The van der Waals surface area contributed by atoms with Gasteiger partial charge in [0.2, 0.25) is 0 Å². The number of pyridine rings is 1. The normalized spacial score (nSPS) is 12.3. The lowest BCUT2D eigenvalue weighted by atomic mass is 9.79. The third-order valence-corrected chi connectivity index (χ3v) is 10.6. The number of hydrogen-bond donors (Lipinski definition) is 1. The van der Waals surface area contributed by atoms with Crippen molar-refractivity contribution < 1.29 is 5.11 Å². The zero-order valence-corrected chi connectivity index (χ0v) is 33.5. The molecule has 0 aliphatic rings. The van der Waals surface area contributed by atoms with E-state index in [0.29, 0.717) is 5.92 Å². The van der Waals surface area contributed by atoms with Crippen LogP contribution in [0.4, 0.5) is 0 Å². The van der Waals surface area contributed by atoms with Gasteiger partial charge in [0.1, 0.15) is 11.6 Å². The molecular weight excluding hydrogens is 659 g/mol. The lowest BCUT2D eigenvalue weighted by Crippen LogP contribution is -2.17. The molecule has 0 saturated heterocycles. The molecule has 0 amide bonds. The van der Waals surface area contributed by atoms with Gasteiger partial charge in [-0.2, -0.15) is 0 Å². The van der Waals surface area contributed by atoms with Gasteiger partial charge in [0.15, 0.2) is 0 Å². The molecule has 2 aromatic heterocycles. The van der Waals surface area contributed by atoms with Crippen LogP contribution >= 0.6 is 0 Å². The van der Waals surface area contributed by atoms with Gasteiger partial charge in [-0.25, -0.2) is 4.98 Å². The van der Waals surface area contributed by atoms with E-state index in [9.17, 15) is 5.11 Å². The van der Waals surface area contributed by atoms with Crippen molar-refractivity contribution in [3.63, 3.8) is 0 Å². The summed E-state index contributed by atoms with van der Waals surface area (Å²) in [5.41, 5.74) is 14.3. The minimum absolute atomic E-state index is 0.149. The van der Waals surface area contributed by atoms with Crippen molar-refractivity contribution in [1.29, 1.82) is 0 Å². The minimum atomic E-state index is -0.290. The number of hydrogen-bond acceptors (Lipinski definition) is 3. The first-order chi connectivity index (χ1) is 25.6. The SMILES string of the molecule is CC(C)c1cc(-c2ccccn2)cc(-c2cccc3c2nc(-c2cc(C(C)(C)C)cc(C(C)(C)C)c2O)n3-c2ccc(-c3ccccc3)cc2C(C)C)c1. The number of benzene rings is 5. The monoisotopic (exact) mass is 711 g/mol. The molecule has 4 heteroatoms. The maximum absolute atomic E-state index is 12.3. The van der Waals surface area contributed by atoms with Gasteiger partial charge in [0, 0.05) is 22.9 Å². The molecule has 0 atom stereocenters. The lowest BCUT2D eigenvalue weighted by molar-refractivity contribution is 0.446. The van der Waals surface area contributed by atoms with Crippen molar-refractivity contribution in [3.05, 3.63) is 144 Å². The number of aromatic hydroxyl groups is 1. The van der Waals surface area contributed by atoms with Gasteiger partial charge in [0.05, 0.1) is 28.0 Å². The van der Waals surface area contributed by atoms with Crippen molar-refractivity contribution in [2.24, 2.45) is 0 Å². The highest BCUT2D eigenvalue weighted by molar-refractivity contribution is 5.97. The molecule has 7 aromatic rings. The van der Waals surface area contributed by atoms with Crippen LogP contribution in [0.25, 0.3) is 61.6 Å². The molecule has 2 heterocycles. The Labute approximate surface area is 321 Å². The van der Waals surface area contributed by atoms with Gasteiger partial charge < -0.3 is 5.11 Å². The van der Waals surface area contributed by atoms with Gasteiger partial charge in [-0.3, -0.25) is 9.55 Å². The third kappa shape index (κ3) is 6.98. The van der Waals surface area contributed by atoms with E-state index in [-0.39, 0.29) is 22.5 Å². The summed E-state index contributed by atoms with van der Waals surface area (Å²) in [4.78, 5) is 10.3. The number of phenols is 1. The van der Waals surface area contributed by atoms with Crippen molar-refractivity contribution in [2.75, 3.05) is 0 Å². The van der Waals surface area contributed by atoms with Crippen LogP contribution in [0.5, 0.6) is 5.75 Å². The van der Waals surface area contributed by atoms with E-state index in [1.54, 1.807) is 0 Å². The van der Waals surface area contributed by atoms with Crippen LogP contribution in [-0.4, -0.2) is 19.6 Å². The molecule has 7 rings (SSSR count). The average Bonchev–Trinajstić information content (AvgIpc) is 3.53. The second-order valence-electron chi connectivity index (χ2n) is 17.4. The molecule has 0 aliphatic heterocycles. The van der Waals surface area contributed by atoms with Gasteiger partial charge in [-0.1, -0.05) is 136 Å². The number of rotatable bonds is 7. The fraction of sp³-hybridized carbons (Fsp3) is 0.280. The topological polar surface area (TPSA) is 50.9 Å². The van der Waals surface area contributed by atoms with E-state index in [0.717, 1.165) is 61.6 Å². The Balaban J connectivity index is 1.59. The fourth-order valence-corrected chi connectivity index (χ4v) is 7.42. The standard InChI is InChI=1S/C50H53N3O/c1-31(2)35-25-36(27-37(26-35)43-20-14-15-24-51-43)39-19-16-21-45-46(39)52-48(41-29-38(49(5,6)7)30-42(47(41)54)50(8,9)10)53(45)44-23-22-34(28-40(44)32(3)4)33-17-12-11-13-18-33/h11-32,54H,1-10H3. The number of fused-ring (bicyclic) bond motifs is 1. The van der Waals surface area contributed by atoms with E-state index in [2.05, 4.69) is 177 Å². The molecule has 0 unspecified atom stereocenters. The highest BCUT2D eigenvalue weighted by Crippen LogP contribution is 2.45. The molecule has 0 bridgehead atoms. The summed E-state index contributed by atoms with van der Waals surface area (Å²) >= 11 is 0. The maximum Gasteiger partial charge on any atom is 0.149 e. The fourth-order valence-electron chi connectivity index (χ4n) is 7.42. The van der Waals surface area contributed by atoms with E-state index < -0.39 is 0 Å². The minimum Gasteiger partial charge on any atom is -0.507 e. The molecule has 5 aromatic carbocycles. The van der Waals surface area contributed by atoms with Gasteiger partial charge in [-0.15, -0.1) is 0 Å². The summed E-state index contributed by atoms with van der Waals surface area (Å²) in [7, 11) is 0. The Morgan fingerprint density at radius 2 is 1.31 bits per heavy atom. The summed E-state index contributed by atoms with van der Waals surface area (Å²) in [6, 6.07) is 41.0. The molecule has 0 saturated carbocycles. The third-order valence-electron chi connectivity index (χ3n) is 10.6. The van der Waals surface area contributed by atoms with Gasteiger partial charge >= 0.3 is 0 Å². The number of imidazole rings is 1. The zero-order chi connectivity index (χ0) is 38.5. The average molecular weight is 712 g/mol. The largest absolute Gasteiger partial charge is 0.507 e. The van der Waals surface area contributed by atoms with Crippen molar-refractivity contribution in [3.8, 4) is 56.3 Å². The number of phenolic OH excluding ortho intramolecular Hbond substituents is 1. The summed E-state index contributed by atoms with van der Waals surface area (Å²) in [6.07, 6.45) is 1.85. The van der Waals surface area contributed by atoms with Crippen LogP contribution in [0.15, 0.2) is 121 Å². The van der Waals surface area contributed by atoms with Crippen LogP contribution < -0.4 is 0 Å². The first kappa shape index (κ1) is 36.9. The van der Waals surface area contributed by atoms with Crippen molar-refractivity contribution >= 4 is 11.0 Å². The van der Waals surface area contributed by atoms with Crippen LogP contribution in [0.1, 0.15) is 103 Å². The maximum atomic E-state index is 12.3. The molecule has 1 N–H and O–H groups in total. The first-order valence-corrected chi connectivity index (χ1v) is 19.3. The molecule has 54 heavy (non-hydrogen) atoms. The number of nitrogens with zero attached hydrogens (tertiary/aromatic N) is 3. The van der Waals surface area contributed by atoms with E-state index in [4.69, 9.17) is 9.97 Å². The Morgan fingerprint density at radius 1 is 0.593 bits per heavy atom. The molecule has 0 aliphatic carbocycles. The number of para-hydroxylation sites is 1. The summed E-state index contributed by atoms with van der Waals surface area (Å²) < 4.78 is 2.29. The molecule has 274 valence electrons. The van der Waals surface area contributed by atoms with Crippen LogP contribution in [-0.2, 0) is 10.8 Å². The van der Waals surface area contributed by atoms with Gasteiger partial charge in [-0.05, 0) is 105 Å². The highest BCUT2D eigenvalue weighted by atomic mass is 16.3. The molecule has 4 nitrogen and oxygen atoms in total. The van der Waals surface area contributed by atoms with Crippen molar-refractivity contribution in [2.45, 2.75) is 91.9 Å². The van der Waals surface area contributed by atoms with Crippen LogP contribution in [0.2, 0.25) is 0 Å². The Hall–Kier alpha value is -5.48. The smallest absolute Gasteiger partial charge is 0.149 e. The summed E-state index contributed by atoms with van der Waals surface area (Å²) in [6.45, 7) is 22.2. The van der Waals surface area contributed by atoms with Crippen LogP contribution in [0.3, 0.4) is 0 Å². The summed E-state index contributed by atoms with van der Waals surface area (Å²) in [5.74, 6) is 1.55. The van der Waals surface area contributed by atoms with Crippen molar-refractivity contribution in [1.82, 2.24) is 14.5 Å². The predicted molar refractivity (Wildman–Crippen MR) is 228 cm³/mol. The highest BCUT2D eigenvalue weighted by Gasteiger charge is 2.29. The number of aromatic nitrogens is 3. The Morgan fingerprint density at radius 3 is 1.96 bits per heavy atom. The summed E-state index contributed by atoms with van der Waals surface area (Å²) in [5, 5.41) is 12.3. The van der Waals surface area contributed by atoms with Crippen LogP contribution in [0, 0.1) is 0 Å². The zero-order valence-electron chi connectivity index (χ0n) is 33.5. The lowest BCUT2D eigenvalue weighted by Gasteiger charge is -2.28. The first-order valence-electron chi connectivity index (χ1n) is 19.3. The molecule has 0 spiro atoms. The van der Waals surface area contributed by atoms with E-state index >= 15 is 0 Å². The molecule has 0 fully saturated rings.